The fourth-order valence-electron chi connectivity index (χ4n) is 0.770. The molecule has 0 aromatic heterocycles. The number of benzene rings is 1. The van der Waals surface area contributed by atoms with Crippen molar-refractivity contribution in [2.45, 2.75) is 33.1 Å². The van der Waals surface area contributed by atoms with E-state index in [9.17, 15) is 4.79 Å². The van der Waals surface area contributed by atoms with Gasteiger partial charge in [-0.3, -0.25) is 4.79 Å². The van der Waals surface area contributed by atoms with Gasteiger partial charge in [-0.25, -0.2) is 0 Å². The van der Waals surface area contributed by atoms with E-state index < -0.39 is 5.97 Å². The first-order valence-electron chi connectivity index (χ1n) is 4.96. The SMILES string of the molecule is CCCC.O=C(O)Cc1ccccc1. The van der Waals surface area contributed by atoms with Crippen molar-refractivity contribution in [1.29, 1.82) is 0 Å². The standard InChI is InChI=1S/C8H8O2.C4H10/c9-8(10)6-7-4-2-1-3-5-7;1-3-4-2/h1-5H,6H2,(H,9,10);3-4H2,1-2H3. The number of carbonyl (C=O) groups is 1. The number of hydrogen-bond acceptors (Lipinski definition) is 1. The Balaban J connectivity index is 0.000000364. The van der Waals surface area contributed by atoms with Gasteiger partial charge in [-0.1, -0.05) is 57.0 Å². The molecule has 0 aliphatic carbocycles. The minimum atomic E-state index is -0.786. The van der Waals surface area contributed by atoms with Gasteiger partial charge in [-0.2, -0.15) is 0 Å². The van der Waals surface area contributed by atoms with E-state index in [2.05, 4.69) is 13.8 Å². The molecule has 0 aliphatic heterocycles. The summed E-state index contributed by atoms with van der Waals surface area (Å²) in [5, 5.41) is 8.37. The molecule has 0 heterocycles. The monoisotopic (exact) mass is 194 g/mol. The van der Waals surface area contributed by atoms with Gasteiger partial charge in [0.05, 0.1) is 6.42 Å². The van der Waals surface area contributed by atoms with E-state index >= 15 is 0 Å². The summed E-state index contributed by atoms with van der Waals surface area (Å²) in [5.74, 6) is -0.786. The first-order chi connectivity index (χ1) is 6.70. The van der Waals surface area contributed by atoms with Gasteiger partial charge >= 0.3 is 5.97 Å². The lowest BCUT2D eigenvalue weighted by Crippen LogP contribution is -1.98. The van der Waals surface area contributed by atoms with Gasteiger partial charge < -0.3 is 5.11 Å². The van der Waals surface area contributed by atoms with E-state index in [1.54, 1.807) is 12.1 Å². The van der Waals surface area contributed by atoms with Crippen LogP contribution >= 0.6 is 0 Å². The Bertz CT molecular complexity index is 240. The lowest BCUT2D eigenvalue weighted by atomic mass is 10.2. The number of unbranched alkanes of at least 4 members (excludes halogenated alkanes) is 1. The zero-order valence-electron chi connectivity index (χ0n) is 8.86. The van der Waals surface area contributed by atoms with E-state index in [1.165, 1.54) is 12.8 Å². The van der Waals surface area contributed by atoms with Crippen LogP contribution in [0.1, 0.15) is 32.3 Å². The number of rotatable bonds is 3. The topological polar surface area (TPSA) is 37.3 Å². The first kappa shape index (κ1) is 12.7. The predicted molar refractivity (Wildman–Crippen MR) is 58.4 cm³/mol. The van der Waals surface area contributed by atoms with Crippen molar-refractivity contribution < 1.29 is 9.90 Å². The molecule has 0 atom stereocenters. The van der Waals surface area contributed by atoms with Crippen LogP contribution in [0.4, 0.5) is 0 Å². The van der Waals surface area contributed by atoms with Crippen molar-refractivity contribution in [3.8, 4) is 0 Å². The highest BCUT2D eigenvalue weighted by Crippen LogP contribution is 1.98. The van der Waals surface area contributed by atoms with Crippen molar-refractivity contribution in [3.63, 3.8) is 0 Å². The molecule has 0 saturated carbocycles. The summed E-state index contributed by atoms with van der Waals surface area (Å²) < 4.78 is 0. The Morgan fingerprint density at radius 2 is 1.64 bits per heavy atom. The number of aliphatic carboxylic acids is 1. The smallest absolute Gasteiger partial charge is 0.307 e. The van der Waals surface area contributed by atoms with Gasteiger partial charge in [0, 0.05) is 0 Å². The van der Waals surface area contributed by atoms with Crippen molar-refractivity contribution in [3.05, 3.63) is 35.9 Å². The van der Waals surface area contributed by atoms with Crippen LogP contribution in [-0.2, 0) is 11.2 Å². The minimum Gasteiger partial charge on any atom is -0.481 e. The molecule has 1 N–H and O–H groups in total. The maximum Gasteiger partial charge on any atom is 0.307 e. The molecule has 14 heavy (non-hydrogen) atoms. The van der Waals surface area contributed by atoms with Crippen LogP contribution in [0.5, 0.6) is 0 Å². The van der Waals surface area contributed by atoms with E-state index in [-0.39, 0.29) is 6.42 Å². The number of carboxylic acids is 1. The molecule has 0 spiro atoms. The third-order valence-electron chi connectivity index (χ3n) is 1.70. The van der Waals surface area contributed by atoms with Crippen LogP contribution in [-0.4, -0.2) is 11.1 Å². The Hall–Kier alpha value is -1.31. The molecule has 1 rings (SSSR count). The van der Waals surface area contributed by atoms with Crippen LogP contribution in [0, 0.1) is 0 Å². The largest absolute Gasteiger partial charge is 0.481 e. The highest BCUT2D eigenvalue weighted by Gasteiger charge is 1.96. The number of hydrogen-bond donors (Lipinski definition) is 1. The zero-order chi connectivity index (χ0) is 10.8. The van der Waals surface area contributed by atoms with Gasteiger partial charge in [-0.05, 0) is 5.56 Å². The van der Waals surface area contributed by atoms with E-state index in [1.807, 2.05) is 18.2 Å². The fraction of sp³-hybridized carbons (Fsp3) is 0.417. The van der Waals surface area contributed by atoms with Crippen LogP contribution < -0.4 is 0 Å². The molecule has 78 valence electrons. The normalized spacial score (nSPS) is 8.71. The lowest BCUT2D eigenvalue weighted by Gasteiger charge is -1.92. The van der Waals surface area contributed by atoms with Gasteiger partial charge in [0.2, 0.25) is 0 Å². The summed E-state index contributed by atoms with van der Waals surface area (Å²) in [6.07, 6.45) is 2.75. The van der Waals surface area contributed by atoms with Gasteiger partial charge in [-0.15, -0.1) is 0 Å². The maximum atomic E-state index is 10.2. The minimum absolute atomic E-state index is 0.112. The molecule has 0 saturated heterocycles. The quantitative estimate of drug-likeness (QED) is 0.802. The van der Waals surface area contributed by atoms with Crippen LogP contribution in [0.15, 0.2) is 30.3 Å². The molecule has 2 nitrogen and oxygen atoms in total. The Morgan fingerprint density at radius 3 is 2.00 bits per heavy atom. The molecule has 1 aromatic rings. The summed E-state index contributed by atoms with van der Waals surface area (Å²) in [7, 11) is 0. The summed E-state index contributed by atoms with van der Waals surface area (Å²) in [5.41, 5.74) is 0.843. The van der Waals surface area contributed by atoms with E-state index in [4.69, 9.17) is 5.11 Å². The molecule has 0 bridgehead atoms. The third kappa shape index (κ3) is 7.35. The summed E-state index contributed by atoms with van der Waals surface area (Å²) >= 11 is 0. The van der Waals surface area contributed by atoms with Crippen LogP contribution in [0.3, 0.4) is 0 Å². The number of carboxylic acid groups (broad SMARTS) is 1. The van der Waals surface area contributed by atoms with E-state index in [0.717, 1.165) is 5.56 Å². The summed E-state index contributed by atoms with van der Waals surface area (Å²) in [6.45, 7) is 4.36. The van der Waals surface area contributed by atoms with Crippen molar-refractivity contribution in [1.82, 2.24) is 0 Å². The second kappa shape index (κ2) is 8.30. The van der Waals surface area contributed by atoms with E-state index in [0.29, 0.717) is 0 Å². The fourth-order valence-corrected chi connectivity index (χ4v) is 0.770. The average molecular weight is 194 g/mol. The lowest BCUT2D eigenvalue weighted by molar-refractivity contribution is -0.136. The molecule has 0 fully saturated rings. The third-order valence-corrected chi connectivity index (χ3v) is 1.70. The maximum absolute atomic E-state index is 10.2. The van der Waals surface area contributed by atoms with Gasteiger partial charge in [0.15, 0.2) is 0 Å². The van der Waals surface area contributed by atoms with Crippen molar-refractivity contribution >= 4 is 5.97 Å². The molecule has 0 aliphatic rings. The Kier molecular flexibility index (Phi) is 7.52. The van der Waals surface area contributed by atoms with Crippen molar-refractivity contribution in [2.24, 2.45) is 0 Å². The van der Waals surface area contributed by atoms with Gasteiger partial charge in [0.25, 0.3) is 0 Å². The second-order valence-electron chi connectivity index (χ2n) is 3.06. The Morgan fingerprint density at radius 1 is 1.14 bits per heavy atom. The molecule has 1 aromatic carbocycles. The van der Waals surface area contributed by atoms with Crippen LogP contribution in [0.2, 0.25) is 0 Å². The Labute approximate surface area is 85.6 Å². The predicted octanol–water partition coefficient (Wildman–Crippen LogP) is 3.12. The first-order valence-corrected chi connectivity index (χ1v) is 4.96. The zero-order valence-corrected chi connectivity index (χ0v) is 8.86. The van der Waals surface area contributed by atoms with Crippen molar-refractivity contribution in [2.75, 3.05) is 0 Å². The highest BCUT2D eigenvalue weighted by molar-refractivity contribution is 5.70. The molecule has 0 radical (unpaired) electrons. The average Bonchev–Trinajstić information content (AvgIpc) is 2.19. The molecule has 2 heteroatoms. The highest BCUT2D eigenvalue weighted by atomic mass is 16.4. The van der Waals surface area contributed by atoms with Crippen LogP contribution in [0.25, 0.3) is 0 Å². The summed E-state index contributed by atoms with van der Waals surface area (Å²) in [6, 6.07) is 9.13. The molecular formula is C12H18O2. The molecule has 0 amide bonds. The summed E-state index contributed by atoms with van der Waals surface area (Å²) in [4.78, 5) is 10.2. The molecule has 0 unspecified atom stereocenters. The second-order valence-corrected chi connectivity index (χ2v) is 3.06. The van der Waals surface area contributed by atoms with Gasteiger partial charge in [0.1, 0.15) is 0 Å². The molecular weight excluding hydrogens is 176 g/mol.